The van der Waals surface area contributed by atoms with Crippen LogP contribution >= 0.6 is 22.9 Å². The van der Waals surface area contributed by atoms with Crippen molar-refractivity contribution in [1.29, 1.82) is 0 Å². The fourth-order valence-electron chi connectivity index (χ4n) is 2.24. The number of halogens is 1. The van der Waals surface area contributed by atoms with E-state index in [4.69, 9.17) is 11.6 Å². The van der Waals surface area contributed by atoms with Gasteiger partial charge < -0.3 is 0 Å². The predicted molar refractivity (Wildman–Crippen MR) is 66.9 cm³/mol. The average molecular weight is 244 g/mol. The molecule has 1 aliphatic rings. The minimum absolute atomic E-state index is 0.378. The van der Waals surface area contributed by atoms with Crippen LogP contribution < -0.4 is 0 Å². The van der Waals surface area contributed by atoms with E-state index < -0.39 is 0 Å². The van der Waals surface area contributed by atoms with Crippen molar-refractivity contribution in [1.82, 2.24) is 4.98 Å². The van der Waals surface area contributed by atoms with Crippen LogP contribution in [0.2, 0.25) is 0 Å². The van der Waals surface area contributed by atoms with Crippen LogP contribution in [0.4, 0.5) is 0 Å². The van der Waals surface area contributed by atoms with Crippen LogP contribution in [0.3, 0.4) is 0 Å². The molecule has 1 aromatic heterocycles. The Morgan fingerprint density at radius 3 is 2.67 bits per heavy atom. The molecule has 0 radical (unpaired) electrons. The molecule has 1 saturated carbocycles. The Morgan fingerprint density at radius 2 is 2.07 bits per heavy atom. The Morgan fingerprint density at radius 1 is 1.33 bits per heavy atom. The molecule has 2 unspecified atom stereocenters. The molecule has 2 rings (SSSR count). The first-order valence-electron chi connectivity index (χ1n) is 5.74. The van der Waals surface area contributed by atoms with E-state index in [1.54, 1.807) is 0 Å². The number of aromatic nitrogens is 1. The second-order valence-electron chi connectivity index (χ2n) is 4.51. The van der Waals surface area contributed by atoms with Gasteiger partial charge in [-0.1, -0.05) is 12.8 Å². The van der Waals surface area contributed by atoms with Crippen LogP contribution in [0, 0.1) is 19.8 Å². The molecule has 15 heavy (non-hydrogen) atoms. The first-order valence-corrected chi connectivity index (χ1v) is 6.99. The summed E-state index contributed by atoms with van der Waals surface area (Å²) >= 11 is 8.20. The fourth-order valence-corrected chi connectivity index (χ4v) is 3.64. The molecule has 1 aliphatic carbocycles. The molecular weight excluding hydrogens is 226 g/mol. The third-order valence-electron chi connectivity index (χ3n) is 3.33. The molecule has 0 N–H and O–H groups in total. The quantitative estimate of drug-likeness (QED) is 0.713. The first kappa shape index (κ1) is 11.4. The van der Waals surface area contributed by atoms with Crippen molar-refractivity contribution in [2.75, 3.05) is 0 Å². The second kappa shape index (κ2) is 4.84. The number of hydrogen-bond donors (Lipinski definition) is 0. The molecule has 1 aromatic rings. The second-order valence-corrected chi connectivity index (χ2v) is 6.36. The summed E-state index contributed by atoms with van der Waals surface area (Å²) in [5, 5.41) is 1.66. The van der Waals surface area contributed by atoms with Crippen LogP contribution in [-0.2, 0) is 6.42 Å². The van der Waals surface area contributed by atoms with E-state index in [1.807, 2.05) is 11.3 Å². The highest BCUT2D eigenvalue weighted by molar-refractivity contribution is 7.11. The molecule has 0 aliphatic heterocycles. The molecule has 84 valence electrons. The van der Waals surface area contributed by atoms with Gasteiger partial charge in [0.15, 0.2) is 0 Å². The fraction of sp³-hybridized carbons (Fsp3) is 0.750. The van der Waals surface area contributed by atoms with E-state index in [2.05, 4.69) is 18.8 Å². The van der Waals surface area contributed by atoms with E-state index in [0.717, 1.165) is 6.42 Å². The van der Waals surface area contributed by atoms with Gasteiger partial charge in [-0.25, -0.2) is 4.98 Å². The van der Waals surface area contributed by atoms with Gasteiger partial charge in [0.05, 0.1) is 10.7 Å². The lowest BCUT2D eigenvalue weighted by Gasteiger charge is -2.26. The van der Waals surface area contributed by atoms with Gasteiger partial charge in [0.1, 0.15) is 0 Å². The highest BCUT2D eigenvalue weighted by Gasteiger charge is 2.24. The lowest BCUT2D eigenvalue weighted by Crippen LogP contribution is -2.21. The summed E-state index contributed by atoms with van der Waals surface area (Å²) in [6.45, 7) is 4.24. The molecule has 0 bridgehead atoms. The number of aryl methyl sites for hydroxylation is 2. The summed E-state index contributed by atoms with van der Waals surface area (Å²) in [6.07, 6.45) is 6.22. The molecule has 2 atom stereocenters. The standard InChI is InChI=1S/C12H18ClNS/c1-8-9(2)15-12(14-8)7-10-5-3-4-6-11(10)13/h10-11H,3-7H2,1-2H3. The summed E-state index contributed by atoms with van der Waals surface area (Å²) < 4.78 is 0. The summed E-state index contributed by atoms with van der Waals surface area (Å²) in [4.78, 5) is 5.95. The van der Waals surface area contributed by atoms with Crippen molar-refractivity contribution in [2.24, 2.45) is 5.92 Å². The van der Waals surface area contributed by atoms with Gasteiger partial charge >= 0.3 is 0 Å². The lowest BCUT2D eigenvalue weighted by atomic mass is 9.87. The van der Waals surface area contributed by atoms with Crippen LogP contribution in [0.5, 0.6) is 0 Å². The molecule has 3 heteroatoms. The Labute approximate surface area is 101 Å². The first-order chi connectivity index (χ1) is 7.16. The van der Waals surface area contributed by atoms with Gasteiger partial charge in [-0.05, 0) is 32.6 Å². The average Bonchev–Trinajstić information content (AvgIpc) is 2.50. The third-order valence-corrected chi connectivity index (χ3v) is 5.00. The summed E-state index contributed by atoms with van der Waals surface area (Å²) in [6, 6.07) is 0. The molecule has 0 spiro atoms. The van der Waals surface area contributed by atoms with Gasteiger partial charge in [-0.3, -0.25) is 0 Å². The lowest BCUT2D eigenvalue weighted by molar-refractivity contribution is 0.363. The number of alkyl halides is 1. The van der Waals surface area contributed by atoms with Crippen molar-refractivity contribution < 1.29 is 0 Å². The zero-order valence-electron chi connectivity index (χ0n) is 9.42. The van der Waals surface area contributed by atoms with Crippen molar-refractivity contribution in [3.63, 3.8) is 0 Å². The number of rotatable bonds is 2. The normalized spacial score (nSPS) is 26.9. The van der Waals surface area contributed by atoms with E-state index >= 15 is 0 Å². The van der Waals surface area contributed by atoms with E-state index in [0.29, 0.717) is 11.3 Å². The van der Waals surface area contributed by atoms with Gasteiger partial charge in [-0.15, -0.1) is 22.9 Å². The minimum atomic E-state index is 0.378. The smallest absolute Gasteiger partial charge is 0.0934 e. The largest absolute Gasteiger partial charge is 0.246 e. The summed E-state index contributed by atoms with van der Waals surface area (Å²) in [5.74, 6) is 0.658. The van der Waals surface area contributed by atoms with Crippen molar-refractivity contribution in [3.8, 4) is 0 Å². The van der Waals surface area contributed by atoms with Crippen LogP contribution in [0.15, 0.2) is 0 Å². The maximum Gasteiger partial charge on any atom is 0.0934 e. The van der Waals surface area contributed by atoms with Crippen molar-refractivity contribution >= 4 is 22.9 Å². The van der Waals surface area contributed by atoms with Crippen LogP contribution in [-0.4, -0.2) is 10.4 Å². The van der Waals surface area contributed by atoms with Crippen molar-refractivity contribution in [2.45, 2.75) is 51.3 Å². The monoisotopic (exact) mass is 243 g/mol. The van der Waals surface area contributed by atoms with E-state index in [9.17, 15) is 0 Å². The predicted octanol–water partition coefficient (Wildman–Crippen LogP) is 4.10. The Hall–Kier alpha value is -0.0800. The van der Waals surface area contributed by atoms with Gasteiger partial charge in [-0.2, -0.15) is 0 Å². The van der Waals surface area contributed by atoms with Crippen molar-refractivity contribution in [3.05, 3.63) is 15.6 Å². The molecule has 1 fully saturated rings. The maximum atomic E-state index is 6.36. The zero-order chi connectivity index (χ0) is 10.8. The molecular formula is C12H18ClNS. The highest BCUT2D eigenvalue weighted by atomic mass is 35.5. The molecule has 0 amide bonds. The SMILES string of the molecule is Cc1nc(CC2CCCCC2Cl)sc1C. The van der Waals surface area contributed by atoms with Gasteiger partial charge in [0.25, 0.3) is 0 Å². The maximum absolute atomic E-state index is 6.36. The van der Waals surface area contributed by atoms with Gasteiger partial charge in [0.2, 0.25) is 0 Å². The van der Waals surface area contributed by atoms with E-state index in [-0.39, 0.29) is 0 Å². The number of hydrogen-bond acceptors (Lipinski definition) is 2. The van der Waals surface area contributed by atoms with Crippen LogP contribution in [0.25, 0.3) is 0 Å². The highest BCUT2D eigenvalue weighted by Crippen LogP contribution is 2.32. The minimum Gasteiger partial charge on any atom is -0.246 e. The summed E-state index contributed by atoms with van der Waals surface area (Å²) in [5.41, 5.74) is 1.19. The third kappa shape index (κ3) is 2.73. The van der Waals surface area contributed by atoms with Gasteiger partial charge in [0, 0.05) is 16.7 Å². The number of nitrogens with zero attached hydrogens (tertiary/aromatic N) is 1. The summed E-state index contributed by atoms with van der Waals surface area (Å²) in [7, 11) is 0. The van der Waals surface area contributed by atoms with E-state index in [1.165, 1.54) is 41.3 Å². The zero-order valence-corrected chi connectivity index (χ0v) is 11.0. The Kier molecular flexibility index (Phi) is 3.68. The Balaban J connectivity index is 2.01. The molecule has 1 heterocycles. The van der Waals surface area contributed by atoms with Crippen LogP contribution in [0.1, 0.15) is 41.3 Å². The molecule has 1 nitrogen and oxygen atoms in total. The molecule has 0 aromatic carbocycles. The molecule has 0 saturated heterocycles. The number of thiazole rings is 1. The Bertz CT molecular complexity index is 315. The topological polar surface area (TPSA) is 12.9 Å².